The van der Waals surface area contributed by atoms with Crippen LogP contribution < -0.4 is 9.47 Å². The summed E-state index contributed by atoms with van der Waals surface area (Å²) < 4.78 is 24.9. The molecule has 0 amide bonds. The molecule has 21 heavy (non-hydrogen) atoms. The molecule has 0 aliphatic rings. The molecule has 2 rings (SSSR count). The Labute approximate surface area is 126 Å². The fourth-order valence-corrected chi connectivity index (χ4v) is 3.34. The van der Waals surface area contributed by atoms with Crippen LogP contribution in [0.3, 0.4) is 0 Å². The highest BCUT2D eigenvalue weighted by molar-refractivity contribution is 7.84. The zero-order valence-electron chi connectivity index (χ0n) is 12.6. The fourth-order valence-electron chi connectivity index (χ4n) is 2.07. The van der Waals surface area contributed by atoms with Crippen molar-refractivity contribution in [2.75, 3.05) is 14.2 Å². The van der Waals surface area contributed by atoms with Crippen molar-refractivity contribution in [3.05, 3.63) is 29.8 Å². The molecule has 1 aromatic carbocycles. The molecule has 1 atom stereocenters. The molecule has 0 N–H and O–H groups in total. The second-order valence-corrected chi connectivity index (χ2v) is 5.87. The molecular formula is C14H19N3O3S. The van der Waals surface area contributed by atoms with E-state index in [1.165, 1.54) is 6.33 Å². The van der Waals surface area contributed by atoms with Crippen LogP contribution in [0.4, 0.5) is 0 Å². The lowest BCUT2D eigenvalue weighted by Gasteiger charge is -2.12. The number of aromatic nitrogens is 3. The molecular weight excluding hydrogens is 290 g/mol. The first-order chi connectivity index (χ1) is 10.1. The number of rotatable bonds is 6. The van der Waals surface area contributed by atoms with E-state index in [2.05, 4.69) is 10.1 Å². The molecule has 0 bridgehead atoms. The summed E-state index contributed by atoms with van der Waals surface area (Å²) in [5, 5.41) is 4.09. The average molecular weight is 309 g/mol. The van der Waals surface area contributed by atoms with E-state index in [4.69, 9.17) is 9.47 Å². The van der Waals surface area contributed by atoms with E-state index >= 15 is 0 Å². The van der Waals surface area contributed by atoms with Gasteiger partial charge in [-0.1, -0.05) is 0 Å². The van der Waals surface area contributed by atoms with Gasteiger partial charge in [0.25, 0.3) is 0 Å². The van der Waals surface area contributed by atoms with Gasteiger partial charge in [-0.05, 0) is 25.5 Å². The number of hydrogen-bond acceptors (Lipinski definition) is 5. The van der Waals surface area contributed by atoms with E-state index in [1.54, 1.807) is 25.0 Å². The molecule has 1 aromatic heterocycles. The topological polar surface area (TPSA) is 66.2 Å². The quantitative estimate of drug-likeness (QED) is 0.815. The fraction of sp³-hybridized carbons (Fsp3) is 0.429. The first-order valence-electron chi connectivity index (χ1n) is 6.58. The first-order valence-corrected chi connectivity index (χ1v) is 7.90. The standard InChI is InChI=1S/C14H19N3O3S/c1-5-17-14(15-9-16-17)8-21(18)13-7-12(20-4)11(19-3)6-10(13)2/h6-7,9H,5,8H2,1-4H3/t21-/m1/s1. The summed E-state index contributed by atoms with van der Waals surface area (Å²) in [7, 11) is 1.93. The van der Waals surface area contributed by atoms with Crippen LogP contribution in [-0.2, 0) is 23.1 Å². The number of hydrogen-bond donors (Lipinski definition) is 0. The van der Waals surface area contributed by atoms with E-state index in [-0.39, 0.29) is 0 Å². The minimum Gasteiger partial charge on any atom is -0.493 e. The predicted octanol–water partition coefficient (Wildman–Crippen LogP) is 1.93. The minimum atomic E-state index is -1.22. The maximum Gasteiger partial charge on any atom is 0.161 e. The van der Waals surface area contributed by atoms with E-state index in [0.717, 1.165) is 10.5 Å². The molecule has 6 nitrogen and oxygen atoms in total. The Balaban J connectivity index is 2.31. The average Bonchev–Trinajstić information content (AvgIpc) is 2.93. The van der Waals surface area contributed by atoms with Gasteiger partial charge in [-0.3, -0.25) is 4.21 Å². The Kier molecular flexibility index (Phi) is 4.95. The SMILES string of the molecule is CCn1ncnc1C[S@@](=O)c1cc(OC)c(OC)cc1C. The zero-order chi connectivity index (χ0) is 15.4. The van der Waals surface area contributed by atoms with Gasteiger partial charge in [0.15, 0.2) is 11.5 Å². The van der Waals surface area contributed by atoms with Crippen LogP contribution in [-0.4, -0.2) is 33.2 Å². The Hall–Kier alpha value is -1.89. The van der Waals surface area contributed by atoms with Crippen LogP contribution in [0.2, 0.25) is 0 Å². The maximum atomic E-state index is 12.6. The molecule has 0 aliphatic carbocycles. The van der Waals surface area contributed by atoms with Gasteiger partial charge in [-0.2, -0.15) is 5.10 Å². The lowest BCUT2D eigenvalue weighted by atomic mass is 10.2. The van der Waals surface area contributed by atoms with Gasteiger partial charge in [0, 0.05) is 17.5 Å². The monoisotopic (exact) mass is 309 g/mol. The molecule has 0 saturated heterocycles. The summed E-state index contributed by atoms with van der Waals surface area (Å²) in [4.78, 5) is 4.88. The highest BCUT2D eigenvalue weighted by Crippen LogP contribution is 2.32. The number of nitrogens with zero attached hydrogens (tertiary/aromatic N) is 3. The van der Waals surface area contributed by atoms with E-state index in [9.17, 15) is 4.21 Å². The minimum absolute atomic E-state index is 0.324. The zero-order valence-corrected chi connectivity index (χ0v) is 13.4. The van der Waals surface area contributed by atoms with Crippen molar-refractivity contribution in [3.8, 4) is 11.5 Å². The van der Waals surface area contributed by atoms with Gasteiger partial charge in [0.05, 0.1) is 30.8 Å². The van der Waals surface area contributed by atoms with Crippen LogP contribution in [0.1, 0.15) is 18.3 Å². The summed E-state index contributed by atoms with van der Waals surface area (Å²) >= 11 is 0. The molecule has 0 aliphatic heterocycles. The molecule has 0 fully saturated rings. The van der Waals surface area contributed by atoms with Crippen LogP contribution in [0.5, 0.6) is 11.5 Å². The van der Waals surface area contributed by atoms with Gasteiger partial charge >= 0.3 is 0 Å². The molecule has 2 aromatic rings. The van der Waals surface area contributed by atoms with Gasteiger partial charge in [-0.15, -0.1) is 0 Å². The molecule has 1 heterocycles. The number of benzene rings is 1. The molecule has 0 spiro atoms. The second kappa shape index (κ2) is 6.71. The molecule has 0 saturated carbocycles. The van der Waals surface area contributed by atoms with Crippen LogP contribution >= 0.6 is 0 Å². The van der Waals surface area contributed by atoms with Crippen LogP contribution in [0.25, 0.3) is 0 Å². The highest BCUT2D eigenvalue weighted by atomic mass is 32.2. The normalized spacial score (nSPS) is 12.2. The Morgan fingerprint density at radius 2 is 1.90 bits per heavy atom. The van der Waals surface area contributed by atoms with Gasteiger partial charge in [0.1, 0.15) is 12.2 Å². The van der Waals surface area contributed by atoms with Crippen molar-refractivity contribution >= 4 is 10.8 Å². The van der Waals surface area contributed by atoms with Crippen molar-refractivity contribution in [2.45, 2.75) is 31.0 Å². The number of aryl methyl sites for hydroxylation is 2. The number of methoxy groups -OCH3 is 2. The van der Waals surface area contributed by atoms with Crippen molar-refractivity contribution in [2.24, 2.45) is 0 Å². The third-order valence-electron chi connectivity index (χ3n) is 3.18. The van der Waals surface area contributed by atoms with Crippen molar-refractivity contribution in [1.82, 2.24) is 14.8 Å². The second-order valence-electron chi connectivity index (χ2n) is 4.45. The summed E-state index contributed by atoms with van der Waals surface area (Å²) in [6.45, 7) is 4.58. The summed E-state index contributed by atoms with van der Waals surface area (Å²) in [6, 6.07) is 3.59. The van der Waals surface area contributed by atoms with Crippen molar-refractivity contribution < 1.29 is 13.7 Å². The van der Waals surface area contributed by atoms with Gasteiger partial charge in [-0.25, -0.2) is 9.67 Å². The van der Waals surface area contributed by atoms with Gasteiger partial charge in [0.2, 0.25) is 0 Å². The van der Waals surface area contributed by atoms with Crippen LogP contribution in [0.15, 0.2) is 23.4 Å². The smallest absolute Gasteiger partial charge is 0.161 e. The summed E-state index contributed by atoms with van der Waals surface area (Å²) in [6.07, 6.45) is 1.48. The largest absolute Gasteiger partial charge is 0.493 e. The maximum absolute atomic E-state index is 12.6. The van der Waals surface area contributed by atoms with E-state index in [0.29, 0.717) is 29.6 Å². The summed E-state index contributed by atoms with van der Waals surface area (Å²) in [5.74, 6) is 2.24. The van der Waals surface area contributed by atoms with Gasteiger partial charge < -0.3 is 9.47 Å². The first kappa shape index (κ1) is 15.5. The Bertz CT molecular complexity index is 655. The lowest BCUT2D eigenvalue weighted by molar-refractivity contribution is 0.353. The highest BCUT2D eigenvalue weighted by Gasteiger charge is 2.16. The Morgan fingerprint density at radius 1 is 1.24 bits per heavy atom. The van der Waals surface area contributed by atoms with Crippen LogP contribution in [0, 0.1) is 6.92 Å². The Morgan fingerprint density at radius 3 is 2.52 bits per heavy atom. The predicted molar refractivity (Wildman–Crippen MR) is 80.1 cm³/mol. The lowest BCUT2D eigenvalue weighted by Crippen LogP contribution is -2.08. The van der Waals surface area contributed by atoms with E-state index in [1.807, 2.05) is 19.9 Å². The summed E-state index contributed by atoms with van der Waals surface area (Å²) in [5.41, 5.74) is 0.897. The molecule has 0 unspecified atom stereocenters. The molecule has 0 radical (unpaired) electrons. The third kappa shape index (κ3) is 3.24. The molecule has 114 valence electrons. The third-order valence-corrected chi connectivity index (χ3v) is 4.63. The van der Waals surface area contributed by atoms with Crippen molar-refractivity contribution in [3.63, 3.8) is 0 Å². The number of ether oxygens (including phenoxy) is 2. The van der Waals surface area contributed by atoms with E-state index < -0.39 is 10.8 Å². The molecule has 7 heteroatoms. The van der Waals surface area contributed by atoms with Crippen molar-refractivity contribution in [1.29, 1.82) is 0 Å².